The zero-order valence-electron chi connectivity index (χ0n) is 22.3. The Labute approximate surface area is 227 Å². The second kappa shape index (κ2) is 9.52. The second-order valence-corrected chi connectivity index (χ2v) is 14.0. The van der Waals surface area contributed by atoms with Gasteiger partial charge < -0.3 is 0 Å². The number of hydrogen-bond donors (Lipinski definition) is 1. The smallest absolute Gasteiger partial charge is 0.298 e. The molecule has 1 N–H and O–H groups in total. The van der Waals surface area contributed by atoms with Gasteiger partial charge in [-0.15, -0.1) is 0 Å². The van der Waals surface area contributed by atoms with Crippen LogP contribution in [0, 0.1) is 23.7 Å². The van der Waals surface area contributed by atoms with E-state index in [1.807, 2.05) is 6.07 Å². The van der Waals surface area contributed by atoms with Gasteiger partial charge in [0.05, 0.1) is 6.21 Å². The number of hydrogen-bond acceptors (Lipinski definition) is 2. The Morgan fingerprint density at radius 2 is 1.68 bits per heavy atom. The lowest BCUT2D eigenvalue weighted by atomic mass is 9.53. The highest BCUT2D eigenvalue weighted by molar-refractivity contribution is 6.30. The van der Waals surface area contributed by atoms with Crippen molar-refractivity contribution < 1.29 is 9.39 Å². The van der Waals surface area contributed by atoms with Gasteiger partial charge in [-0.3, -0.25) is 5.32 Å². The number of urea groups is 1. The molecule has 6 aliphatic carbocycles. The van der Waals surface area contributed by atoms with Crippen LogP contribution >= 0.6 is 11.6 Å². The number of halogens is 1. The molecule has 5 fully saturated rings. The van der Waals surface area contributed by atoms with Crippen molar-refractivity contribution in [1.29, 1.82) is 0 Å². The van der Waals surface area contributed by atoms with Crippen LogP contribution in [0.4, 0.5) is 4.79 Å². The normalized spacial score (nSPS) is 39.1. The first-order chi connectivity index (χ1) is 18.0. The summed E-state index contributed by atoms with van der Waals surface area (Å²) in [6.45, 7) is 0. The molecule has 0 saturated heterocycles. The molecular weight excluding hydrogens is 478 g/mol. The molecule has 7 aliphatic rings. The number of rotatable bonds is 4. The third-order valence-corrected chi connectivity index (χ3v) is 11.2. The average Bonchev–Trinajstić information content (AvgIpc) is 3.14. The van der Waals surface area contributed by atoms with Gasteiger partial charge in [-0.1, -0.05) is 46.3 Å². The molecule has 2 unspecified atom stereocenters. The Kier molecular flexibility index (Phi) is 6.28. The molecule has 5 heteroatoms. The summed E-state index contributed by atoms with van der Waals surface area (Å²) >= 11 is 6.40. The minimum atomic E-state index is 0.0117. The van der Waals surface area contributed by atoms with E-state index < -0.39 is 0 Å². The summed E-state index contributed by atoms with van der Waals surface area (Å²) in [5, 5.41) is 9.90. The van der Waals surface area contributed by atoms with E-state index in [2.05, 4.69) is 29.7 Å². The summed E-state index contributed by atoms with van der Waals surface area (Å²) in [7, 11) is 0. The van der Waals surface area contributed by atoms with Crippen LogP contribution in [0.2, 0.25) is 5.02 Å². The van der Waals surface area contributed by atoms with Crippen LogP contribution in [-0.2, 0) is 6.42 Å². The molecule has 1 aliphatic heterocycles. The Morgan fingerprint density at radius 3 is 2.38 bits per heavy atom. The molecule has 37 heavy (non-hydrogen) atoms. The molecule has 2 amide bonds. The molecule has 5 saturated carbocycles. The fourth-order valence-corrected chi connectivity index (χ4v) is 10.1. The SMILES string of the molecule is O=C(NC12CC3CC(CC(C3)C1)C2)[N+]1(C2CCCCC2)N=CC2=C1C(Cc1cccc(Cl)c1)CCCC2. The van der Waals surface area contributed by atoms with Gasteiger partial charge in [-0.05, 0) is 112 Å². The van der Waals surface area contributed by atoms with E-state index in [9.17, 15) is 4.79 Å². The highest BCUT2D eigenvalue weighted by Gasteiger charge is 2.59. The summed E-state index contributed by atoms with van der Waals surface area (Å²) in [4.78, 5) is 14.9. The molecule has 1 aromatic carbocycles. The maximum atomic E-state index is 14.9. The number of amides is 2. The average molecular weight is 521 g/mol. The van der Waals surface area contributed by atoms with Gasteiger partial charge in [-0.2, -0.15) is 0 Å². The van der Waals surface area contributed by atoms with Crippen molar-refractivity contribution >= 4 is 23.8 Å². The van der Waals surface area contributed by atoms with Crippen molar-refractivity contribution in [3.05, 3.63) is 46.1 Å². The summed E-state index contributed by atoms with van der Waals surface area (Å²) in [5.41, 5.74) is 3.99. The summed E-state index contributed by atoms with van der Waals surface area (Å²) < 4.78 is 0.238. The van der Waals surface area contributed by atoms with E-state index >= 15 is 0 Å². The Bertz CT molecular complexity index is 1080. The lowest BCUT2D eigenvalue weighted by Gasteiger charge is -2.57. The highest BCUT2D eigenvalue weighted by atomic mass is 35.5. The van der Waals surface area contributed by atoms with Crippen LogP contribution in [0.5, 0.6) is 0 Å². The third kappa shape index (κ3) is 4.31. The monoisotopic (exact) mass is 520 g/mol. The van der Waals surface area contributed by atoms with Crippen LogP contribution in [-0.4, -0.2) is 28.4 Å². The third-order valence-electron chi connectivity index (χ3n) is 10.9. The zero-order valence-corrected chi connectivity index (χ0v) is 23.0. The standard InChI is InChI=1S/C32H42ClN3O/c33-28-10-6-7-22(17-28)16-26-8-4-5-9-27-21-34-36(30(26)27,29-11-2-1-3-12-29)31(37)35-32-18-23-13-24(19-32)15-25(14-23)20-32/h6-7,10,17,21,23-26,29H,1-5,8-9,11-16,18-20H2/p+1. The second-order valence-electron chi connectivity index (χ2n) is 13.5. The van der Waals surface area contributed by atoms with Crippen LogP contribution in [0.1, 0.15) is 102 Å². The highest BCUT2D eigenvalue weighted by Crippen LogP contribution is 2.56. The summed E-state index contributed by atoms with van der Waals surface area (Å²) in [5.74, 6) is 2.79. The molecule has 1 aromatic rings. The first-order valence-electron chi connectivity index (χ1n) is 15.3. The van der Waals surface area contributed by atoms with Gasteiger partial charge in [0.1, 0.15) is 6.04 Å². The number of allylic oxidation sites excluding steroid dienone is 2. The van der Waals surface area contributed by atoms with Gasteiger partial charge in [-0.25, -0.2) is 4.79 Å². The Hall–Kier alpha value is -1.65. The first-order valence-corrected chi connectivity index (χ1v) is 15.7. The predicted octanol–water partition coefficient (Wildman–Crippen LogP) is 8.15. The topological polar surface area (TPSA) is 41.5 Å². The van der Waals surface area contributed by atoms with Crippen LogP contribution in [0.25, 0.3) is 0 Å². The first kappa shape index (κ1) is 24.4. The van der Waals surface area contributed by atoms with Crippen molar-refractivity contribution in [2.45, 2.75) is 114 Å². The number of nitrogens with zero attached hydrogens (tertiary/aromatic N) is 2. The van der Waals surface area contributed by atoms with Crippen molar-refractivity contribution in [3.8, 4) is 0 Å². The van der Waals surface area contributed by atoms with E-state index in [1.165, 1.54) is 87.5 Å². The molecule has 4 bridgehead atoms. The number of quaternary nitrogens is 1. The molecule has 0 aromatic heterocycles. The van der Waals surface area contributed by atoms with Gasteiger partial charge in [0.15, 0.2) is 5.70 Å². The number of benzene rings is 1. The van der Waals surface area contributed by atoms with Gasteiger partial charge in [0, 0.05) is 34.9 Å². The minimum absolute atomic E-state index is 0.0117. The van der Waals surface area contributed by atoms with Crippen molar-refractivity contribution in [2.75, 3.05) is 0 Å². The Morgan fingerprint density at radius 1 is 0.973 bits per heavy atom. The fraction of sp³-hybridized carbons (Fsp3) is 0.688. The molecule has 0 spiro atoms. The summed E-state index contributed by atoms with van der Waals surface area (Å²) in [6.07, 6.45) is 21.4. The van der Waals surface area contributed by atoms with Crippen molar-refractivity contribution in [3.63, 3.8) is 0 Å². The quantitative estimate of drug-likeness (QED) is 0.400. The van der Waals surface area contributed by atoms with Gasteiger partial charge in [0.25, 0.3) is 0 Å². The lowest BCUT2D eigenvalue weighted by molar-refractivity contribution is -0.849. The van der Waals surface area contributed by atoms with Crippen molar-refractivity contribution in [1.82, 2.24) is 5.32 Å². The van der Waals surface area contributed by atoms with E-state index in [0.29, 0.717) is 5.92 Å². The largest absolute Gasteiger partial charge is 0.448 e. The van der Waals surface area contributed by atoms with E-state index in [0.717, 1.165) is 54.9 Å². The van der Waals surface area contributed by atoms with Crippen molar-refractivity contribution in [2.24, 2.45) is 28.8 Å². The lowest BCUT2D eigenvalue weighted by Crippen LogP contribution is -2.67. The zero-order chi connectivity index (χ0) is 25.0. The van der Waals surface area contributed by atoms with Gasteiger partial charge >= 0.3 is 6.03 Å². The number of nitrogens with one attached hydrogen (secondary N) is 1. The molecule has 4 nitrogen and oxygen atoms in total. The number of carbonyl (C=O) groups excluding carboxylic acids is 1. The maximum absolute atomic E-state index is 14.9. The van der Waals surface area contributed by atoms with E-state index in [-0.39, 0.29) is 22.2 Å². The molecule has 0 radical (unpaired) electrons. The Balaban J connectivity index is 1.26. The number of carbonyl (C=O) groups is 1. The summed E-state index contributed by atoms with van der Waals surface area (Å²) in [6, 6.07) is 8.82. The molecular formula is C32H43ClN3O+. The van der Waals surface area contributed by atoms with Crippen LogP contribution < -0.4 is 5.32 Å². The van der Waals surface area contributed by atoms with Crippen LogP contribution in [0.15, 0.2) is 40.6 Å². The minimum Gasteiger partial charge on any atom is -0.298 e. The molecule has 8 rings (SSSR count). The predicted molar refractivity (Wildman–Crippen MR) is 149 cm³/mol. The molecule has 1 heterocycles. The van der Waals surface area contributed by atoms with E-state index in [4.69, 9.17) is 16.7 Å². The van der Waals surface area contributed by atoms with Gasteiger partial charge in [0.2, 0.25) is 0 Å². The molecule has 198 valence electrons. The maximum Gasteiger partial charge on any atom is 0.448 e. The van der Waals surface area contributed by atoms with Crippen LogP contribution in [0.3, 0.4) is 0 Å². The molecule has 2 atom stereocenters. The van der Waals surface area contributed by atoms with E-state index in [1.54, 1.807) is 0 Å². The fourth-order valence-electron chi connectivity index (χ4n) is 9.88.